The summed E-state index contributed by atoms with van der Waals surface area (Å²) < 4.78 is 7.62. The van der Waals surface area contributed by atoms with E-state index in [0.29, 0.717) is 18.0 Å². The minimum absolute atomic E-state index is 0.0770. The van der Waals surface area contributed by atoms with Crippen LogP contribution in [0.5, 0.6) is 17.2 Å². The Morgan fingerprint density at radius 3 is 2.77 bits per heavy atom. The number of nitrogens with one attached hydrogen (secondary N) is 1. The van der Waals surface area contributed by atoms with Crippen molar-refractivity contribution in [1.82, 2.24) is 25.0 Å². The number of aromatic nitrogens is 3. The second kappa shape index (κ2) is 8.96. The molecule has 3 aromatic rings. The molecular weight excluding hydrogens is 382 g/mol. The van der Waals surface area contributed by atoms with E-state index in [4.69, 9.17) is 4.74 Å². The number of nitrogens with zero attached hydrogens (tertiary/aromatic N) is 4. The summed E-state index contributed by atoms with van der Waals surface area (Å²) in [7, 11) is 1.85. The Morgan fingerprint density at radius 2 is 2.00 bits per heavy atom. The molecule has 0 radical (unpaired) electrons. The summed E-state index contributed by atoms with van der Waals surface area (Å²) in [6, 6.07) is 8.18. The number of aryl methyl sites for hydroxylation is 1. The molecule has 30 heavy (non-hydrogen) atoms. The molecule has 0 atom stereocenters. The average molecular weight is 407 g/mol. The molecule has 1 aliphatic rings. The van der Waals surface area contributed by atoms with E-state index >= 15 is 0 Å². The van der Waals surface area contributed by atoms with Crippen LogP contribution in [-0.4, -0.2) is 56.9 Å². The normalized spacial score (nSPS) is 14.0. The Kier molecular flexibility index (Phi) is 5.94. The van der Waals surface area contributed by atoms with E-state index in [0.717, 1.165) is 30.9 Å². The molecule has 0 aliphatic carbocycles. The summed E-state index contributed by atoms with van der Waals surface area (Å²) in [6.07, 6.45) is 7.69. The predicted molar refractivity (Wildman–Crippen MR) is 113 cm³/mol. The summed E-state index contributed by atoms with van der Waals surface area (Å²) in [5.41, 5.74) is 1.81. The van der Waals surface area contributed by atoms with Crippen molar-refractivity contribution in [2.45, 2.75) is 12.8 Å². The highest BCUT2D eigenvalue weighted by Gasteiger charge is 2.15. The Hall–Kier alpha value is -3.39. The molecule has 0 saturated carbocycles. The topological polar surface area (TPSA) is 92.5 Å². The number of aromatic hydroxyl groups is 1. The first-order chi connectivity index (χ1) is 14.6. The van der Waals surface area contributed by atoms with E-state index in [1.54, 1.807) is 41.3 Å². The van der Waals surface area contributed by atoms with Crippen molar-refractivity contribution >= 4 is 5.91 Å². The summed E-state index contributed by atoms with van der Waals surface area (Å²) in [4.78, 5) is 19.2. The molecule has 4 rings (SSSR count). The van der Waals surface area contributed by atoms with Gasteiger partial charge >= 0.3 is 0 Å². The Labute approximate surface area is 175 Å². The van der Waals surface area contributed by atoms with Gasteiger partial charge in [0.1, 0.15) is 17.2 Å². The highest BCUT2D eigenvalue weighted by atomic mass is 16.5. The molecule has 2 N–H and O–H groups in total. The van der Waals surface area contributed by atoms with Crippen molar-refractivity contribution in [2.75, 3.05) is 26.2 Å². The summed E-state index contributed by atoms with van der Waals surface area (Å²) in [5.74, 6) is 0.644. The third-order valence-electron chi connectivity index (χ3n) is 5.09. The lowest BCUT2D eigenvalue weighted by molar-refractivity contribution is 0.0946. The van der Waals surface area contributed by atoms with Gasteiger partial charge in [-0.1, -0.05) is 0 Å². The van der Waals surface area contributed by atoms with Crippen LogP contribution in [0, 0.1) is 0 Å². The van der Waals surface area contributed by atoms with E-state index in [2.05, 4.69) is 20.3 Å². The molecule has 0 unspecified atom stereocenters. The number of likely N-dealkylation sites (tertiary alicyclic amines) is 1. The zero-order valence-electron chi connectivity index (χ0n) is 16.9. The number of pyridine rings is 1. The van der Waals surface area contributed by atoms with Gasteiger partial charge in [0.2, 0.25) is 0 Å². The fourth-order valence-corrected chi connectivity index (χ4v) is 3.51. The second-order valence-corrected chi connectivity index (χ2v) is 7.37. The molecule has 1 aliphatic heterocycles. The van der Waals surface area contributed by atoms with Crippen LogP contribution >= 0.6 is 0 Å². The number of phenolic OH excluding ortho intramolecular Hbond substituents is 1. The highest BCUT2D eigenvalue weighted by Crippen LogP contribution is 2.29. The fraction of sp³-hybridized carbons (Fsp3) is 0.318. The van der Waals surface area contributed by atoms with E-state index in [-0.39, 0.29) is 17.2 Å². The van der Waals surface area contributed by atoms with Crippen molar-refractivity contribution in [2.24, 2.45) is 7.05 Å². The largest absolute Gasteiger partial charge is 0.507 e. The fourth-order valence-electron chi connectivity index (χ4n) is 3.51. The third-order valence-corrected chi connectivity index (χ3v) is 5.09. The van der Waals surface area contributed by atoms with Crippen LogP contribution in [0.15, 0.2) is 48.9 Å². The van der Waals surface area contributed by atoms with Crippen molar-refractivity contribution in [3.05, 3.63) is 54.5 Å². The lowest BCUT2D eigenvalue weighted by atomic mass is 10.1. The minimum Gasteiger partial charge on any atom is -0.507 e. The zero-order chi connectivity index (χ0) is 20.9. The molecule has 1 fully saturated rings. The molecule has 1 aromatic carbocycles. The van der Waals surface area contributed by atoms with Crippen LogP contribution in [-0.2, 0) is 7.05 Å². The lowest BCUT2D eigenvalue weighted by Crippen LogP contribution is -2.33. The van der Waals surface area contributed by atoms with Gasteiger partial charge in [-0.3, -0.25) is 14.5 Å². The number of phenols is 1. The third kappa shape index (κ3) is 4.77. The standard InChI is InChI=1S/C22H25N5O3/c1-26-15-16(14-25-26)20-13-18(6-7-23-20)30-17-4-5-21(28)19(12-17)22(29)24-8-11-27-9-2-3-10-27/h4-7,12-15,28H,2-3,8-11H2,1H3,(H,24,29). The summed E-state index contributed by atoms with van der Waals surface area (Å²) in [5, 5.41) is 17.2. The lowest BCUT2D eigenvalue weighted by Gasteiger charge is -2.15. The maximum absolute atomic E-state index is 12.5. The van der Waals surface area contributed by atoms with Crippen LogP contribution in [0.3, 0.4) is 0 Å². The number of carbonyl (C=O) groups is 1. The van der Waals surface area contributed by atoms with Crippen LogP contribution in [0.4, 0.5) is 0 Å². The van der Waals surface area contributed by atoms with Gasteiger partial charge in [-0.25, -0.2) is 0 Å². The number of ether oxygens (including phenoxy) is 1. The molecule has 2 aromatic heterocycles. The van der Waals surface area contributed by atoms with Gasteiger partial charge in [-0.15, -0.1) is 0 Å². The van der Waals surface area contributed by atoms with Gasteiger partial charge in [0.25, 0.3) is 5.91 Å². The minimum atomic E-state index is -0.317. The van der Waals surface area contributed by atoms with Gasteiger partial charge in [0, 0.05) is 44.2 Å². The second-order valence-electron chi connectivity index (χ2n) is 7.37. The number of hydrogen-bond donors (Lipinski definition) is 2. The molecule has 1 amide bonds. The molecular formula is C22H25N5O3. The maximum Gasteiger partial charge on any atom is 0.255 e. The Balaban J connectivity index is 1.43. The van der Waals surface area contributed by atoms with Crippen molar-refractivity contribution in [1.29, 1.82) is 0 Å². The van der Waals surface area contributed by atoms with E-state index in [1.807, 2.05) is 13.2 Å². The van der Waals surface area contributed by atoms with E-state index in [1.165, 1.54) is 18.9 Å². The molecule has 8 heteroatoms. The molecule has 8 nitrogen and oxygen atoms in total. The Morgan fingerprint density at radius 1 is 1.20 bits per heavy atom. The average Bonchev–Trinajstić information content (AvgIpc) is 3.41. The van der Waals surface area contributed by atoms with Gasteiger partial charge in [0.05, 0.1) is 17.5 Å². The predicted octanol–water partition coefficient (Wildman–Crippen LogP) is 2.81. The molecule has 0 bridgehead atoms. The van der Waals surface area contributed by atoms with Crippen LogP contribution in [0.1, 0.15) is 23.2 Å². The smallest absolute Gasteiger partial charge is 0.255 e. The molecule has 156 valence electrons. The summed E-state index contributed by atoms with van der Waals surface area (Å²) in [6.45, 7) is 3.52. The van der Waals surface area contributed by atoms with Gasteiger partial charge in [-0.05, 0) is 50.2 Å². The maximum atomic E-state index is 12.5. The number of benzene rings is 1. The van der Waals surface area contributed by atoms with Gasteiger partial charge in [0.15, 0.2) is 0 Å². The van der Waals surface area contributed by atoms with Gasteiger partial charge in [-0.2, -0.15) is 5.10 Å². The molecule has 0 spiro atoms. The number of rotatable bonds is 7. The Bertz CT molecular complexity index is 1030. The first kappa shape index (κ1) is 19.9. The first-order valence-electron chi connectivity index (χ1n) is 10.0. The molecule has 1 saturated heterocycles. The van der Waals surface area contributed by atoms with E-state index < -0.39 is 0 Å². The van der Waals surface area contributed by atoms with Crippen molar-refractivity contribution in [3.63, 3.8) is 0 Å². The van der Waals surface area contributed by atoms with Crippen LogP contribution in [0.25, 0.3) is 11.3 Å². The first-order valence-corrected chi connectivity index (χ1v) is 10.0. The van der Waals surface area contributed by atoms with Crippen LogP contribution < -0.4 is 10.1 Å². The summed E-state index contributed by atoms with van der Waals surface area (Å²) >= 11 is 0. The highest BCUT2D eigenvalue weighted by molar-refractivity contribution is 5.97. The van der Waals surface area contributed by atoms with Crippen molar-refractivity contribution in [3.8, 4) is 28.5 Å². The van der Waals surface area contributed by atoms with Gasteiger partial charge < -0.3 is 20.1 Å². The molecule has 3 heterocycles. The van der Waals surface area contributed by atoms with E-state index in [9.17, 15) is 9.90 Å². The monoisotopic (exact) mass is 407 g/mol. The zero-order valence-corrected chi connectivity index (χ0v) is 16.9. The number of hydrogen-bond acceptors (Lipinski definition) is 6. The number of carbonyl (C=O) groups excluding carboxylic acids is 1. The quantitative estimate of drug-likeness (QED) is 0.626. The van der Waals surface area contributed by atoms with Crippen LogP contribution in [0.2, 0.25) is 0 Å². The van der Waals surface area contributed by atoms with Crippen molar-refractivity contribution < 1.29 is 14.6 Å². The number of amides is 1. The SMILES string of the molecule is Cn1cc(-c2cc(Oc3ccc(O)c(C(=O)NCCN4CCCC4)c3)ccn2)cn1.